The van der Waals surface area contributed by atoms with E-state index in [1.807, 2.05) is 48.5 Å². The molecule has 1 saturated heterocycles. The van der Waals surface area contributed by atoms with Crippen LogP contribution in [0.15, 0.2) is 54.6 Å². The van der Waals surface area contributed by atoms with Crippen LogP contribution in [-0.4, -0.2) is 18.2 Å². The Morgan fingerprint density at radius 1 is 0.952 bits per heavy atom. The van der Waals surface area contributed by atoms with E-state index in [4.69, 9.17) is 4.74 Å². The maximum Gasteiger partial charge on any atom is 0.235 e. The van der Waals surface area contributed by atoms with Gasteiger partial charge in [0.25, 0.3) is 0 Å². The lowest BCUT2D eigenvalue weighted by Crippen LogP contribution is -2.25. The first-order chi connectivity index (χ1) is 10.2. The van der Waals surface area contributed by atoms with Gasteiger partial charge in [0.1, 0.15) is 12.4 Å². The maximum absolute atomic E-state index is 11.9. The highest BCUT2D eigenvalue weighted by Gasteiger charge is 2.30. The minimum Gasteiger partial charge on any atom is -0.487 e. The quantitative estimate of drug-likeness (QED) is 0.809. The topological polar surface area (TPSA) is 46.6 Å². The summed E-state index contributed by atoms with van der Waals surface area (Å²) in [5.74, 6) is 0.387. The first-order valence-electron chi connectivity index (χ1n) is 6.82. The molecule has 0 N–H and O–H groups in total. The van der Waals surface area contributed by atoms with Crippen molar-refractivity contribution in [2.45, 2.75) is 13.0 Å². The first-order valence-corrected chi connectivity index (χ1v) is 6.82. The fourth-order valence-electron chi connectivity index (χ4n) is 2.34. The zero-order valence-corrected chi connectivity index (χ0v) is 11.5. The number of para-hydroxylation sites is 2. The molecule has 4 heteroatoms. The molecule has 0 bridgehead atoms. The van der Waals surface area contributed by atoms with Crippen LogP contribution >= 0.6 is 0 Å². The van der Waals surface area contributed by atoms with E-state index in [0.717, 1.165) is 5.56 Å². The van der Waals surface area contributed by atoms with Crippen LogP contribution in [0, 0.1) is 0 Å². The Hall–Kier alpha value is -2.62. The van der Waals surface area contributed by atoms with Gasteiger partial charge < -0.3 is 9.64 Å². The molecule has 1 fully saturated rings. The molecule has 1 amide bonds. The molecule has 0 atom stereocenters. The van der Waals surface area contributed by atoms with Crippen LogP contribution in [-0.2, 0) is 16.2 Å². The van der Waals surface area contributed by atoms with Gasteiger partial charge in [-0.25, -0.2) is 0 Å². The minimum atomic E-state index is -0.171. The Labute approximate surface area is 123 Å². The van der Waals surface area contributed by atoms with E-state index in [9.17, 15) is 9.59 Å². The molecule has 0 aliphatic carbocycles. The largest absolute Gasteiger partial charge is 0.487 e. The van der Waals surface area contributed by atoms with E-state index in [2.05, 4.69) is 0 Å². The van der Waals surface area contributed by atoms with E-state index < -0.39 is 0 Å². The van der Waals surface area contributed by atoms with E-state index in [0.29, 0.717) is 18.0 Å². The molecule has 0 unspecified atom stereocenters. The van der Waals surface area contributed by atoms with Gasteiger partial charge >= 0.3 is 0 Å². The highest BCUT2D eigenvalue weighted by Crippen LogP contribution is 2.31. The summed E-state index contributed by atoms with van der Waals surface area (Å²) in [4.78, 5) is 24.8. The SMILES string of the molecule is O=C1CC(=O)N(c2ccccc2OCc2ccccc2)C1. The predicted molar refractivity (Wildman–Crippen MR) is 79.2 cm³/mol. The third-order valence-corrected chi connectivity index (χ3v) is 3.38. The first kappa shape index (κ1) is 13.4. The van der Waals surface area contributed by atoms with Crippen molar-refractivity contribution in [1.29, 1.82) is 0 Å². The summed E-state index contributed by atoms with van der Waals surface area (Å²) in [6, 6.07) is 17.1. The number of nitrogens with zero attached hydrogens (tertiary/aromatic N) is 1. The van der Waals surface area contributed by atoms with Gasteiger partial charge in [-0.05, 0) is 17.7 Å². The van der Waals surface area contributed by atoms with Crippen molar-refractivity contribution in [3.05, 3.63) is 60.2 Å². The summed E-state index contributed by atoms with van der Waals surface area (Å²) in [6.45, 7) is 0.554. The van der Waals surface area contributed by atoms with Crippen molar-refractivity contribution in [2.24, 2.45) is 0 Å². The second kappa shape index (κ2) is 5.79. The lowest BCUT2D eigenvalue weighted by Gasteiger charge is -2.19. The van der Waals surface area contributed by atoms with Crippen LogP contribution < -0.4 is 9.64 Å². The van der Waals surface area contributed by atoms with Gasteiger partial charge in [-0.15, -0.1) is 0 Å². The summed E-state index contributed by atoms with van der Waals surface area (Å²) < 4.78 is 5.81. The molecule has 2 aromatic carbocycles. The van der Waals surface area contributed by atoms with E-state index in [1.165, 1.54) is 4.90 Å². The highest BCUT2D eigenvalue weighted by molar-refractivity contribution is 6.15. The van der Waals surface area contributed by atoms with Gasteiger partial charge in [-0.2, -0.15) is 0 Å². The second-order valence-electron chi connectivity index (χ2n) is 4.94. The molecule has 0 saturated carbocycles. The number of anilines is 1. The number of amides is 1. The van der Waals surface area contributed by atoms with Crippen LogP contribution in [0.25, 0.3) is 0 Å². The van der Waals surface area contributed by atoms with Gasteiger partial charge in [0.15, 0.2) is 5.78 Å². The van der Waals surface area contributed by atoms with Gasteiger partial charge in [-0.1, -0.05) is 42.5 Å². The molecular weight excluding hydrogens is 266 g/mol. The number of carbonyl (C=O) groups excluding carboxylic acids is 2. The summed E-state index contributed by atoms with van der Waals surface area (Å²) in [7, 11) is 0. The van der Waals surface area contributed by atoms with Crippen molar-refractivity contribution in [3.8, 4) is 5.75 Å². The molecule has 3 rings (SSSR count). The van der Waals surface area contributed by atoms with Crippen molar-refractivity contribution in [3.63, 3.8) is 0 Å². The summed E-state index contributed by atoms with van der Waals surface area (Å²) >= 11 is 0. The van der Waals surface area contributed by atoms with Crippen LogP contribution in [0.5, 0.6) is 5.75 Å². The molecule has 1 aliphatic heterocycles. The average molecular weight is 281 g/mol. The number of ketones is 1. The molecule has 1 heterocycles. The van der Waals surface area contributed by atoms with Gasteiger partial charge in [-0.3, -0.25) is 9.59 Å². The Morgan fingerprint density at radius 2 is 1.67 bits per heavy atom. The summed E-state index contributed by atoms with van der Waals surface area (Å²) in [5, 5.41) is 0. The van der Waals surface area contributed by atoms with Crippen LogP contribution in [0.3, 0.4) is 0 Å². The number of ether oxygens (including phenoxy) is 1. The molecule has 0 aromatic heterocycles. The molecule has 106 valence electrons. The highest BCUT2D eigenvalue weighted by atomic mass is 16.5. The average Bonchev–Trinajstić information content (AvgIpc) is 2.85. The number of benzene rings is 2. The minimum absolute atomic E-state index is 0.0208. The lowest BCUT2D eigenvalue weighted by atomic mass is 10.2. The number of Topliss-reactive ketones (excluding diaryl/α,β-unsaturated/α-hetero) is 1. The van der Waals surface area contributed by atoms with Crippen molar-refractivity contribution < 1.29 is 14.3 Å². The third kappa shape index (κ3) is 2.94. The number of carbonyl (C=O) groups is 2. The fraction of sp³-hybridized carbons (Fsp3) is 0.176. The van der Waals surface area contributed by atoms with Crippen LogP contribution in [0.1, 0.15) is 12.0 Å². The van der Waals surface area contributed by atoms with Crippen LogP contribution in [0.2, 0.25) is 0 Å². The zero-order chi connectivity index (χ0) is 14.7. The van der Waals surface area contributed by atoms with Crippen LogP contribution in [0.4, 0.5) is 5.69 Å². The van der Waals surface area contributed by atoms with Gasteiger partial charge in [0.2, 0.25) is 5.91 Å². The monoisotopic (exact) mass is 281 g/mol. The fourth-order valence-corrected chi connectivity index (χ4v) is 2.34. The zero-order valence-electron chi connectivity index (χ0n) is 11.5. The van der Waals surface area contributed by atoms with Gasteiger partial charge in [0, 0.05) is 0 Å². The van der Waals surface area contributed by atoms with Gasteiger partial charge in [0.05, 0.1) is 18.7 Å². The molecule has 2 aromatic rings. The standard InChI is InChI=1S/C17H15NO3/c19-14-10-17(20)18(11-14)15-8-4-5-9-16(15)21-12-13-6-2-1-3-7-13/h1-9H,10-12H2. The third-order valence-electron chi connectivity index (χ3n) is 3.38. The second-order valence-corrected chi connectivity index (χ2v) is 4.94. The molecule has 0 radical (unpaired) electrons. The molecule has 1 aliphatic rings. The Bertz CT molecular complexity index is 667. The lowest BCUT2D eigenvalue weighted by molar-refractivity contribution is -0.121. The van der Waals surface area contributed by atoms with Crippen molar-refractivity contribution in [2.75, 3.05) is 11.4 Å². The Kier molecular flexibility index (Phi) is 3.69. The smallest absolute Gasteiger partial charge is 0.235 e. The summed E-state index contributed by atoms with van der Waals surface area (Å²) in [5.41, 5.74) is 1.71. The molecule has 4 nitrogen and oxygen atoms in total. The maximum atomic E-state index is 11.9. The summed E-state index contributed by atoms with van der Waals surface area (Å²) in [6.07, 6.45) is -0.0208. The van der Waals surface area contributed by atoms with E-state index in [-0.39, 0.29) is 24.7 Å². The normalized spacial score (nSPS) is 14.6. The number of hydrogen-bond acceptors (Lipinski definition) is 3. The number of hydrogen-bond donors (Lipinski definition) is 0. The molecule has 0 spiro atoms. The Balaban J connectivity index is 1.80. The van der Waals surface area contributed by atoms with E-state index in [1.54, 1.807) is 6.07 Å². The van der Waals surface area contributed by atoms with Crippen molar-refractivity contribution >= 4 is 17.4 Å². The van der Waals surface area contributed by atoms with Crippen molar-refractivity contribution in [1.82, 2.24) is 0 Å². The van der Waals surface area contributed by atoms with E-state index >= 15 is 0 Å². The predicted octanol–water partition coefficient (Wildman–Crippen LogP) is 2.57. The molecule has 21 heavy (non-hydrogen) atoms. The Morgan fingerprint density at radius 3 is 2.38 bits per heavy atom. The number of rotatable bonds is 4. The molecular formula is C17H15NO3.